The van der Waals surface area contributed by atoms with E-state index in [-0.39, 0.29) is 0 Å². The monoisotopic (exact) mass is 270 g/mol. The van der Waals surface area contributed by atoms with Gasteiger partial charge in [0.05, 0.1) is 7.11 Å². The first-order chi connectivity index (χ1) is 5.36. The predicted octanol–water partition coefficient (Wildman–Crippen LogP) is 0.600. The van der Waals surface area contributed by atoms with Crippen LogP contribution in [0.5, 0.6) is 0 Å². The molecule has 1 fully saturated rings. The van der Waals surface area contributed by atoms with E-state index in [0.717, 1.165) is 26.2 Å². The van der Waals surface area contributed by atoms with Crippen LogP contribution in [-0.4, -0.2) is 54.2 Å². The van der Waals surface area contributed by atoms with Crippen molar-refractivity contribution in [3.05, 3.63) is 0 Å². The normalized spacial score (nSPS) is 22.4. The Morgan fingerprint density at radius 1 is 1.27 bits per heavy atom. The molecular weight excluding hydrogens is 255 g/mol. The average Bonchev–Trinajstić information content (AvgIpc) is 2.07. The van der Waals surface area contributed by atoms with Crippen LogP contribution >= 0.6 is 22.6 Å². The Hall–Kier alpha value is 0.610. The van der Waals surface area contributed by atoms with Crippen LogP contribution < -0.4 is 0 Å². The van der Waals surface area contributed by atoms with Crippen LogP contribution in [0.3, 0.4) is 0 Å². The average molecular weight is 270 g/mol. The maximum Gasteiger partial charge on any atom is 0.0575 e. The molecule has 66 valence electrons. The zero-order chi connectivity index (χ0) is 8.10. The van der Waals surface area contributed by atoms with Gasteiger partial charge in [-0.2, -0.15) is 5.06 Å². The van der Waals surface area contributed by atoms with Crippen LogP contribution in [0.15, 0.2) is 0 Å². The predicted molar refractivity (Wildman–Crippen MR) is 53.9 cm³/mol. The molecule has 1 saturated heterocycles. The minimum absolute atomic E-state index is 1.05. The summed E-state index contributed by atoms with van der Waals surface area (Å²) < 4.78 is 1.23. The van der Waals surface area contributed by atoms with Crippen molar-refractivity contribution in [3.8, 4) is 0 Å². The lowest BCUT2D eigenvalue weighted by Crippen LogP contribution is -2.46. The minimum Gasteiger partial charge on any atom is -0.302 e. The highest BCUT2D eigenvalue weighted by Crippen LogP contribution is 2.01. The van der Waals surface area contributed by atoms with E-state index in [9.17, 15) is 0 Å². The number of hydroxylamine groups is 2. The minimum atomic E-state index is 1.05. The standard InChI is InChI=1S/C7H15IN2O/c1-11-10-6-4-9(3-2-8)5-7-10/h2-7H2,1H3. The van der Waals surface area contributed by atoms with E-state index in [0.29, 0.717) is 0 Å². The topological polar surface area (TPSA) is 15.7 Å². The summed E-state index contributed by atoms with van der Waals surface area (Å²) in [4.78, 5) is 7.60. The van der Waals surface area contributed by atoms with E-state index in [1.54, 1.807) is 7.11 Å². The third-order valence-electron chi connectivity index (χ3n) is 1.99. The van der Waals surface area contributed by atoms with E-state index in [1.165, 1.54) is 11.0 Å². The molecule has 4 heteroatoms. The van der Waals surface area contributed by atoms with Crippen molar-refractivity contribution in [3.63, 3.8) is 0 Å². The maximum absolute atomic E-state index is 5.12. The Morgan fingerprint density at radius 2 is 1.91 bits per heavy atom. The molecule has 0 saturated carbocycles. The Balaban J connectivity index is 2.14. The quantitative estimate of drug-likeness (QED) is 0.552. The first kappa shape index (κ1) is 9.70. The highest BCUT2D eigenvalue weighted by Gasteiger charge is 2.14. The summed E-state index contributed by atoms with van der Waals surface area (Å²) in [6.45, 7) is 5.62. The molecule has 0 bridgehead atoms. The second kappa shape index (κ2) is 5.29. The van der Waals surface area contributed by atoms with Gasteiger partial charge in [-0.05, 0) is 0 Å². The largest absolute Gasteiger partial charge is 0.302 e. The van der Waals surface area contributed by atoms with Gasteiger partial charge in [-0.1, -0.05) is 22.6 Å². The summed E-state index contributed by atoms with van der Waals surface area (Å²) in [5, 5.41) is 2.02. The molecule has 0 N–H and O–H groups in total. The third-order valence-corrected chi connectivity index (χ3v) is 2.47. The first-order valence-corrected chi connectivity index (χ1v) is 5.46. The van der Waals surface area contributed by atoms with Gasteiger partial charge in [0.15, 0.2) is 0 Å². The molecule has 0 atom stereocenters. The lowest BCUT2D eigenvalue weighted by Gasteiger charge is -2.32. The Morgan fingerprint density at radius 3 is 2.36 bits per heavy atom. The van der Waals surface area contributed by atoms with Crippen molar-refractivity contribution < 1.29 is 4.84 Å². The van der Waals surface area contributed by atoms with Gasteiger partial charge in [0.1, 0.15) is 0 Å². The molecule has 0 amide bonds. The molecule has 0 radical (unpaired) electrons. The van der Waals surface area contributed by atoms with E-state index < -0.39 is 0 Å². The van der Waals surface area contributed by atoms with Gasteiger partial charge in [0.2, 0.25) is 0 Å². The van der Waals surface area contributed by atoms with Crippen molar-refractivity contribution in [2.24, 2.45) is 0 Å². The second-order valence-corrected chi connectivity index (χ2v) is 3.72. The van der Waals surface area contributed by atoms with Gasteiger partial charge >= 0.3 is 0 Å². The Bertz CT molecular complexity index is 105. The molecule has 0 aromatic carbocycles. The molecule has 1 rings (SSSR count). The molecule has 0 aromatic rings. The highest BCUT2D eigenvalue weighted by molar-refractivity contribution is 14.1. The number of piperazine rings is 1. The van der Waals surface area contributed by atoms with Crippen molar-refractivity contribution in [1.29, 1.82) is 0 Å². The number of halogens is 1. The molecule has 1 aliphatic heterocycles. The van der Waals surface area contributed by atoms with E-state index in [2.05, 4.69) is 27.5 Å². The lowest BCUT2D eigenvalue weighted by atomic mass is 10.4. The number of hydrogen-bond donors (Lipinski definition) is 0. The molecule has 11 heavy (non-hydrogen) atoms. The Kier molecular flexibility index (Phi) is 4.66. The second-order valence-electron chi connectivity index (χ2n) is 2.64. The van der Waals surface area contributed by atoms with E-state index in [4.69, 9.17) is 4.84 Å². The van der Waals surface area contributed by atoms with E-state index >= 15 is 0 Å². The van der Waals surface area contributed by atoms with Crippen LogP contribution in [0.4, 0.5) is 0 Å². The summed E-state index contributed by atoms with van der Waals surface area (Å²) in [5.74, 6) is 0. The maximum atomic E-state index is 5.12. The zero-order valence-electron chi connectivity index (χ0n) is 6.92. The van der Waals surface area contributed by atoms with E-state index in [1.807, 2.05) is 5.06 Å². The number of nitrogens with zero attached hydrogens (tertiary/aromatic N) is 2. The fourth-order valence-corrected chi connectivity index (χ4v) is 1.94. The van der Waals surface area contributed by atoms with Gasteiger partial charge in [-0.15, -0.1) is 0 Å². The molecule has 0 aliphatic carbocycles. The van der Waals surface area contributed by atoms with Gasteiger partial charge in [0.25, 0.3) is 0 Å². The van der Waals surface area contributed by atoms with Crippen LogP contribution in [0.2, 0.25) is 0 Å². The first-order valence-electron chi connectivity index (χ1n) is 3.94. The number of hydrogen-bond acceptors (Lipinski definition) is 3. The summed E-state index contributed by atoms with van der Waals surface area (Å²) in [6.07, 6.45) is 0. The fraction of sp³-hybridized carbons (Fsp3) is 1.00. The molecule has 1 heterocycles. The molecule has 0 unspecified atom stereocenters. The fourth-order valence-electron chi connectivity index (χ4n) is 1.26. The summed E-state index contributed by atoms with van der Waals surface area (Å²) in [6, 6.07) is 0. The third kappa shape index (κ3) is 3.23. The van der Waals surface area contributed by atoms with Gasteiger partial charge in [-0.3, -0.25) is 4.90 Å². The van der Waals surface area contributed by atoms with Crippen LogP contribution in [-0.2, 0) is 4.84 Å². The van der Waals surface area contributed by atoms with Crippen LogP contribution in [0, 0.1) is 0 Å². The molecule has 0 spiro atoms. The summed E-state index contributed by atoms with van der Waals surface area (Å²) >= 11 is 2.42. The van der Waals surface area contributed by atoms with Crippen molar-refractivity contribution >= 4 is 22.6 Å². The van der Waals surface area contributed by atoms with Crippen LogP contribution in [0.25, 0.3) is 0 Å². The summed E-state index contributed by atoms with van der Waals surface area (Å²) in [5.41, 5.74) is 0. The van der Waals surface area contributed by atoms with Gasteiger partial charge in [-0.25, -0.2) is 0 Å². The molecular formula is C7H15IN2O. The smallest absolute Gasteiger partial charge is 0.0575 e. The molecule has 0 aromatic heterocycles. The SMILES string of the molecule is CON1CCN(CCI)CC1. The van der Waals surface area contributed by atoms with Gasteiger partial charge < -0.3 is 4.84 Å². The number of rotatable bonds is 3. The lowest BCUT2D eigenvalue weighted by molar-refractivity contribution is -0.151. The van der Waals surface area contributed by atoms with Crippen molar-refractivity contribution in [2.45, 2.75) is 0 Å². The Labute approximate surface area is 81.8 Å². The zero-order valence-corrected chi connectivity index (χ0v) is 9.08. The number of alkyl halides is 1. The highest BCUT2D eigenvalue weighted by atomic mass is 127. The van der Waals surface area contributed by atoms with Crippen LogP contribution in [0.1, 0.15) is 0 Å². The van der Waals surface area contributed by atoms with Gasteiger partial charge in [0, 0.05) is 37.2 Å². The van der Waals surface area contributed by atoms with Crippen molar-refractivity contribution in [2.75, 3.05) is 44.3 Å². The summed E-state index contributed by atoms with van der Waals surface area (Å²) in [7, 11) is 1.74. The molecule has 1 aliphatic rings. The van der Waals surface area contributed by atoms with Crippen molar-refractivity contribution in [1.82, 2.24) is 9.96 Å². The molecule has 3 nitrogen and oxygen atoms in total.